The Kier molecular flexibility index (Phi) is 3.68. The van der Waals surface area contributed by atoms with Crippen LogP contribution in [-0.4, -0.2) is 24.7 Å². The van der Waals surface area contributed by atoms with Crippen LogP contribution in [0.1, 0.15) is 12.8 Å². The highest BCUT2D eigenvalue weighted by atomic mass is 35.5. The first-order chi connectivity index (χ1) is 8.83. The first-order valence-corrected chi connectivity index (χ1v) is 7.39. The van der Waals surface area contributed by atoms with Crippen LogP contribution in [0.25, 0.3) is 10.2 Å². The highest BCUT2D eigenvalue weighted by molar-refractivity contribution is 7.22. The molecule has 1 fully saturated rings. The molecule has 0 saturated carbocycles. The van der Waals surface area contributed by atoms with Crippen LogP contribution in [0.5, 0.6) is 0 Å². The van der Waals surface area contributed by atoms with Crippen molar-refractivity contribution < 1.29 is 4.74 Å². The first kappa shape index (κ1) is 12.2. The lowest BCUT2D eigenvalue weighted by Gasteiger charge is -2.21. The number of ether oxygens (including phenoxy) is 1. The van der Waals surface area contributed by atoms with Gasteiger partial charge in [0.2, 0.25) is 0 Å². The van der Waals surface area contributed by atoms with Crippen molar-refractivity contribution in [2.45, 2.75) is 12.8 Å². The van der Waals surface area contributed by atoms with E-state index < -0.39 is 0 Å². The van der Waals surface area contributed by atoms with Gasteiger partial charge in [-0.05, 0) is 30.9 Å². The summed E-state index contributed by atoms with van der Waals surface area (Å²) in [6.45, 7) is 2.70. The number of thiazole rings is 1. The van der Waals surface area contributed by atoms with Crippen LogP contribution >= 0.6 is 22.9 Å². The minimum Gasteiger partial charge on any atom is -0.381 e. The standard InChI is InChI=1S/C13H15ClN2OS/c14-10-4-1-5-11-12(10)18-13(16-11)15-7-9-3-2-6-17-8-9/h1,4-5,9H,2-3,6-8H2,(H,15,16). The fourth-order valence-electron chi connectivity index (χ4n) is 2.19. The van der Waals surface area contributed by atoms with Crippen molar-refractivity contribution in [3.05, 3.63) is 23.2 Å². The number of aromatic nitrogens is 1. The van der Waals surface area contributed by atoms with Crippen LogP contribution in [0.4, 0.5) is 5.13 Å². The molecular formula is C13H15ClN2OS. The molecule has 1 aliphatic rings. The highest BCUT2D eigenvalue weighted by Crippen LogP contribution is 2.31. The number of rotatable bonds is 3. The monoisotopic (exact) mass is 282 g/mol. The maximum Gasteiger partial charge on any atom is 0.183 e. The van der Waals surface area contributed by atoms with Gasteiger partial charge in [0.15, 0.2) is 5.13 Å². The molecule has 2 heterocycles. The topological polar surface area (TPSA) is 34.2 Å². The average Bonchev–Trinajstić information content (AvgIpc) is 2.82. The van der Waals surface area contributed by atoms with Crippen molar-refractivity contribution >= 4 is 38.3 Å². The van der Waals surface area contributed by atoms with Gasteiger partial charge in [0.1, 0.15) is 0 Å². The van der Waals surface area contributed by atoms with E-state index in [0.29, 0.717) is 5.92 Å². The molecule has 3 nitrogen and oxygen atoms in total. The van der Waals surface area contributed by atoms with E-state index in [1.807, 2.05) is 18.2 Å². The Morgan fingerprint density at radius 3 is 3.22 bits per heavy atom. The molecular weight excluding hydrogens is 268 g/mol. The number of nitrogens with zero attached hydrogens (tertiary/aromatic N) is 1. The van der Waals surface area contributed by atoms with Crippen molar-refractivity contribution in [2.24, 2.45) is 5.92 Å². The molecule has 2 aromatic rings. The third-order valence-corrected chi connectivity index (χ3v) is 4.65. The molecule has 18 heavy (non-hydrogen) atoms. The van der Waals surface area contributed by atoms with Crippen molar-refractivity contribution in [2.75, 3.05) is 25.1 Å². The van der Waals surface area contributed by atoms with Crippen LogP contribution < -0.4 is 5.32 Å². The van der Waals surface area contributed by atoms with Gasteiger partial charge >= 0.3 is 0 Å². The molecule has 1 aliphatic heterocycles. The van der Waals surface area contributed by atoms with E-state index in [4.69, 9.17) is 16.3 Å². The number of benzene rings is 1. The molecule has 1 saturated heterocycles. The highest BCUT2D eigenvalue weighted by Gasteiger charge is 2.14. The molecule has 0 radical (unpaired) electrons. The number of fused-ring (bicyclic) bond motifs is 1. The molecule has 1 atom stereocenters. The van der Waals surface area contributed by atoms with Crippen LogP contribution in [0.15, 0.2) is 18.2 Å². The van der Waals surface area contributed by atoms with Crippen molar-refractivity contribution in [1.29, 1.82) is 0 Å². The van der Waals surface area contributed by atoms with E-state index in [-0.39, 0.29) is 0 Å². The number of halogens is 1. The fraction of sp³-hybridized carbons (Fsp3) is 0.462. The van der Waals surface area contributed by atoms with Gasteiger partial charge in [0, 0.05) is 13.2 Å². The maximum atomic E-state index is 6.14. The second-order valence-corrected chi connectivity index (χ2v) is 5.98. The summed E-state index contributed by atoms with van der Waals surface area (Å²) >= 11 is 7.76. The Morgan fingerprint density at radius 1 is 1.50 bits per heavy atom. The zero-order valence-electron chi connectivity index (χ0n) is 9.99. The third kappa shape index (κ3) is 2.60. The summed E-state index contributed by atoms with van der Waals surface area (Å²) in [7, 11) is 0. The summed E-state index contributed by atoms with van der Waals surface area (Å²) in [5.41, 5.74) is 0.967. The molecule has 0 spiro atoms. The molecule has 1 aromatic carbocycles. The first-order valence-electron chi connectivity index (χ1n) is 6.19. The zero-order chi connectivity index (χ0) is 12.4. The summed E-state index contributed by atoms with van der Waals surface area (Å²) in [5, 5.41) is 5.12. The van der Waals surface area contributed by atoms with E-state index in [0.717, 1.165) is 46.6 Å². The Hall–Kier alpha value is -0.840. The minimum absolute atomic E-state index is 0.598. The predicted molar refractivity (Wildman–Crippen MR) is 76.7 cm³/mol. The molecule has 0 bridgehead atoms. The van der Waals surface area contributed by atoms with Gasteiger partial charge < -0.3 is 10.1 Å². The average molecular weight is 283 g/mol. The molecule has 96 valence electrons. The maximum absolute atomic E-state index is 6.14. The van der Waals surface area contributed by atoms with Crippen molar-refractivity contribution in [3.63, 3.8) is 0 Å². The number of nitrogens with one attached hydrogen (secondary N) is 1. The summed E-state index contributed by atoms with van der Waals surface area (Å²) < 4.78 is 6.53. The lowest BCUT2D eigenvalue weighted by Crippen LogP contribution is -2.24. The van der Waals surface area contributed by atoms with Crippen LogP contribution in [0, 0.1) is 5.92 Å². The molecule has 0 amide bonds. The van der Waals surface area contributed by atoms with E-state index in [1.165, 1.54) is 6.42 Å². The van der Waals surface area contributed by atoms with Gasteiger partial charge in [-0.15, -0.1) is 0 Å². The summed E-state index contributed by atoms with van der Waals surface area (Å²) in [6, 6.07) is 5.83. The van der Waals surface area contributed by atoms with Crippen molar-refractivity contribution in [3.8, 4) is 0 Å². The van der Waals surface area contributed by atoms with Gasteiger partial charge in [0.05, 0.1) is 21.8 Å². The third-order valence-electron chi connectivity index (χ3n) is 3.16. The van der Waals surface area contributed by atoms with Crippen molar-refractivity contribution in [1.82, 2.24) is 4.98 Å². The summed E-state index contributed by atoms with van der Waals surface area (Å²) in [6.07, 6.45) is 2.40. The SMILES string of the molecule is Clc1cccc2nc(NCC3CCCOC3)sc12. The van der Waals surface area contributed by atoms with Crippen LogP contribution in [0.3, 0.4) is 0 Å². The Morgan fingerprint density at radius 2 is 2.44 bits per heavy atom. The predicted octanol–water partition coefficient (Wildman–Crippen LogP) is 3.79. The van der Waals surface area contributed by atoms with E-state index in [1.54, 1.807) is 11.3 Å². The summed E-state index contributed by atoms with van der Waals surface area (Å²) in [4.78, 5) is 4.54. The fourth-order valence-corrected chi connectivity index (χ4v) is 3.35. The molecule has 5 heteroatoms. The Bertz CT molecular complexity index is 537. The smallest absolute Gasteiger partial charge is 0.183 e. The van der Waals surface area contributed by atoms with Crippen LogP contribution in [-0.2, 0) is 4.74 Å². The molecule has 1 N–H and O–H groups in total. The second-order valence-electron chi connectivity index (χ2n) is 4.57. The lowest BCUT2D eigenvalue weighted by molar-refractivity contribution is 0.0595. The van der Waals surface area contributed by atoms with E-state index in [9.17, 15) is 0 Å². The quantitative estimate of drug-likeness (QED) is 0.930. The van der Waals surface area contributed by atoms with Gasteiger partial charge in [-0.3, -0.25) is 0 Å². The molecule has 3 rings (SSSR count). The van der Waals surface area contributed by atoms with Gasteiger partial charge in [-0.25, -0.2) is 4.98 Å². The molecule has 0 aliphatic carbocycles. The van der Waals surface area contributed by atoms with E-state index in [2.05, 4.69) is 10.3 Å². The second kappa shape index (κ2) is 5.43. The largest absolute Gasteiger partial charge is 0.381 e. The Balaban J connectivity index is 1.69. The van der Waals surface area contributed by atoms with Gasteiger partial charge in [-0.2, -0.15) is 0 Å². The number of anilines is 1. The summed E-state index contributed by atoms with van der Waals surface area (Å²) in [5.74, 6) is 0.598. The molecule has 1 aromatic heterocycles. The number of hydrogen-bond donors (Lipinski definition) is 1. The lowest BCUT2D eigenvalue weighted by atomic mass is 10.0. The number of hydrogen-bond acceptors (Lipinski definition) is 4. The minimum atomic E-state index is 0.598. The Labute approximate surface area is 115 Å². The van der Waals surface area contributed by atoms with E-state index >= 15 is 0 Å². The van der Waals surface area contributed by atoms with Gasteiger partial charge in [-0.1, -0.05) is 29.0 Å². The van der Waals surface area contributed by atoms with Crippen LogP contribution in [0.2, 0.25) is 5.02 Å². The normalized spacial score (nSPS) is 20.2. The van der Waals surface area contributed by atoms with Gasteiger partial charge in [0.25, 0.3) is 0 Å². The zero-order valence-corrected chi connectivity index (χ0v) is 11.6. The molecule has 1 unspecified atom stereocenters.